The summed E-state index contributed by atoms with van der Waals surface area (Å²) >= 11 is 0. The molecule has 1 fully saturated rings. The summed E-state index contributed by atoms with van der Waals surface area (Å²) in [5, 5.41) is 10.6. The maximum atomic E-state index is 13.1. The van der Waals surface area contributed by atoms with Crippen LogP contribution in [-0.2, 0) is 13.2 Å². The molecule has 0 saturated heterocycles. The van der Waals surface area contributed by atoms with Crippen molar-refractivity contribution >= 4 is 22.7 Å². The normalized spacial score (nSPS) is 14.1. The van der Waals surface area contributed by atoms with Gasteiger partial charge in [-0.25, -0.2) is 9.48 Å². The van der Waals surface area contributed by atoms with Crippen LogP contribution in [0, 0.1) is 0 Å². The molecule has 2 heterocycles. The van der Waals surface area contributed by atoms with Crippen LogP contribution in [0.4, 0.5) is 18.9 Å². The zero-order valence-electron chi connectivity index (χ0n) is 16.7. The Kier molecular flexibility index (Phi) is 4.43. The van der Waals surface area contributed by atoms with E-state index in [1.807, 2.05) is 0 Å². The first-order chi connectivity index (χ1) is 15.2. The summed E-state index contributed by atoms with van der Waals surface area (Å²) in [5.41, 5.74) is 1.14. The SMILES string of the molecule is Cn1c(=O)oc2cc(NC(=O)c3nnn(-c4cccc(C(F)(F)F)c4)c3C3CC3)ccc21. The fourth-order valence-electron chi connectivity index (χ4n) is 3.58. The Labute approximate surface area is 178 Å². The van der Waals surface area contributed by atoms with Gasteiger partial charge in [0, 0.05) is 24.7 Å². The molecule has 2 aromatic heterocycles. The van der Waals surface area contributed by atoms with Gasteiger partial charge >= 0.3 is 11.9 Å². The second kappa shape index (κ2) is 7.08. The average molecular weight is 443 g/mol. The van der Waals surface area contributed by atoms with E-state index in [2.05, 4.69) is 15.6 Å². The number of alkyl halides is 3. The Hall–Kier alpha value is -3.89. The van der Waals surface area contributed by atoms with Crippen LogP contribution < -0.4 is 11.1 Å². The lowest BCUT2D eigenvalue weighted by Gasteiger charge is -2.11. The van der Waals surface area contributed by atoms with Gasteiger partial charge in [0.2, 0.25) is 0 Å². The fourth-order valence-corrected chi connectivity index (χ4v) is 3.58. The van der Waals surface area contributed by atoms with Crippen LogP contribution in [0.25, 0.3) is 16.8 Å². The minimum atomic E-state index is -4.50. The fraction of sp³-hybridized carbons (Fsp3) is 0.238. The Morgan fingerprint density at radius 3 is 2.69 bits per heavy atom. The van der Waals surface area contributed by atoms with Crippen LogP contribution in [-0.4, -0.2) is 25.5 Å². The van der Waals surface area contributed by atoms with E-state index in [0.29, 0.717) is 22.5 Å². The number of halogens is 3. The molecular weight excluding hydrogens is 427 g/mol. The van der Waals surface area contributed by atoms with E-state index in [0.717, 1.165) is 25.0 Å². The standard InChI is InChI=1S/C21H16F3N5O3/c1-28-15-8-7-13(10-16(15)32-20(28)31)25-19(30)17-18(11-5-6-11)29(27-26-17)14-4-2-3-12(9-14)21(22,23)24/h2-4,7-11H,5-6H2,1H3,(H,25,30). The predicted molar refractivity (Wildman–Crippen MR) is 108 cm³/mol. The summed E-state index contributed by atoms with van der Waals surface area (Å²) in [6.07, 6.45) is -2.93. The first kappa shape index (κ1) is 20.0. The Bertz CT molecular complexity index is 1410. The Morgan fingerprint density at radius 2 is 1.97 bits per heavy atom. The van der Waals surface area contributed by atoms with Crippen molar-refractivity contribution in [2.45, 2.75) is 24.9 Å². The van der Waals surface area contributed by atoms with Crippen LogP contribution in [0.15, 0.2) is 51.7 Å². The van der Waals surface area contributed by atoms with Crippen molar-refractivity contribution in [3.63, 3.8) is 0 Å². The van der Waals surface area contributed by atoms with Crippen LogP contribution in [0.1, 0.15) is 40.5 Å². The van der Waals surface area contributed by atoms with E-state index in [-0.39, 0.29) is 17.3 Å². The Morgan fingerprint density at radius 1 is 1.19 bits per heavy atom. The molecule has 2 aromatic carbocycles. The van der Waals surface area contributed by atoms with E-state index in [1.54, 1.807) is 19.2 Å². The van der Waals surface area contributed by atoms with Gasteiger partial charge in [0.05, 0.1) is 22.5 Å². The molecule has 1 saturated carbocycles. The molecule has 164 valence electrons. The van der Waals surface area contributed by atoms with Crippen molar-refractivity contribution in [1.29, 1.82) is 0 Å². The van der Waals surface area contributed by atoms with Crippen LogP contribution in [0.2, 0.25) is 0 Å². The molecule has 0 bridgehead atoms. The van der Waals surface area contributed by atoms with Gasteiger partial charge in [0.1, 0.15) is 0 Å². The lowest BCUT2D eigenvalue weighted by molar-refractivity contribution is -0.137. The van der Waals surface area contributed by atoms with Crippen molar-refractivity contribution in [3.8, 4) is 5.69 Å². The van der Waals surface area contributed by atoms with Gasteiger partial charge in [-0.15, -0.1) is 5.10 Å². The number of amides is 1. The van der Waals surface area contributed by atoms with Crippen molar-refractivity contribution in [1.82, 2.24) is 19.6 Å². The largest absolute Gasteiger partial charge is 0.419 e. The minimum absolute atomic E-state index is 0.0186. The summed E-state index contributed by atoms with van der Waals surface area (Å²) < 4.78 is 47.2. The number of oxazole rings is 1. The molecule has 1 N–H and O–H groups in total. The third-order valence-corrected chi connectivity index (χ3v) is 5.35. The highest BCUT2D eigenvalue weighted by molar-refractivity contribution is 6.04. The van der Waals surface area contributed by atoms with Gasteiger partial charge in [-0.2, -0.15) is 13.2 Å². The van der Waals surface area contributed by atoms with E-state index in [4.69, 9.17) is 4.42 Å². The summed E-state index contributed by atoms with van der Waals surface area (Å²) in [7, 11) is 1.57. The number of aryl methyl sites for hydroxylation is 1. The smallest absolute Gasteiger partial charge is 0.408 e. The molecule has 1 amide bonds. The van der Waals surface area contributed by atoms with E-state index in [1.165, 1.54) is 27.4 Å². The number of anilines is 1. The second-order valence-corrected chi connectivity index (χ2v) is 7.62. The third kappa shape index (κ3) is 3.45. The first-order valence-electron chi connectivity index (χ1n) is 9.76. The van der Waals surface area contributed by atoms with Gasteiger partial charge in [0.15, 0.2) is 11.3 Å². The van der Waals surface area contributed by atoms with Crippen molar-refractivity contribution in [2.75, 3.05) is 5.32 Å². The lowest BCUT2D eigenvalue weighted by atomic mass is 10.1. The molecule has 4 aromatic rings. The number of nitrogens with one attached hydrogen (secondary N) is 1. The van der Waals surface area contributed by atoms with E-state index in [9.17, 15) is 22.8 Å². The van der Waals surface area contributed by atoms with Gasteiger partial charge in [-0.1, -0.05) is 11.3 Å². The van der Waals surface area contributed by atoms with Gasteiger partial charge in [-0.05, 0) is 43.2 Å². The van der Waals surface area contributed by atoms with E-state index >= 15 is 0 Å². The molecule has 1 aliphatic rings. The average Bonchev–Trinajstić information content (AvgIpc) is 3.43. The second-order valence-electron chi connectivity index (χ2n) is 7.62. The number of hydrogen-bond acceptors (Lipinski definition) is 5. The maximum Gasteiger partial charge on any atom is 0.419 e. The topological polar surface area (TPSA) is 95.0 Å². The molecule has 32 heavy (non-hydrogen) atoms. The third-order valence-electron chi connectivity index (χ3n) is 5.35. The minimum Gasteiger partial charge on any atom is -0.408 e. The summed E-state index contributed by atoms with van der Waals surface area (Å²) in [6.45, 7) is 0. The molecule has 0 radical (unpaired) electrons. The quantitative estimate of drug-likeness (QED) is 0.517. The molecule has 5 rings (SSSR count). The molecule has 0 spiro atoms. The highest BCUT2D eigenvalue weighted by Gasteiger charge is 2.35. The number of benzene rings is 2. The number of aromatic nitrogens is 4. The number of fused-ring (bicyclic) bond motifs is 1. The highest BCUT2D eigenvalue weighted by Crippen LogP contribution is 2.42. The molecule has 8 nitrogen and oxygen atoms in total. The highest BCUT2D eigenvalue weighted by atomic mass is 19.4. The van der Waals surface area contributed by atoms with Crippen molar-refractivity contribution < 1.29 is 22.4 Å². The predicted octanol–water partition coefficient (Wildman–Crippen LogP) is 3.86. The van der Waals surface area contributed by atoms with Crippen LogP contribution in [0.3, 0.4) is 0 Å². The van der Waals surface area contributed by atoms with Crippen LogP contribution in [0.5, 0.6) is 0 Å². The Balaban J connectivity index is 1.49. The molecule has 11 heteroatoms. The number of nitrogens with zero attached hydrogens (tertiary/aromatic N) is 4. The van der Waals surface area contributed by atoms with Crippen molar-refractivity contribution in [3.05, 3.63) is 70.0 Å². The number of carbonyl (C=O) groups excluding carboxylic acids is 1. The van der Waals surface area contributed by atoms with Crippen LogP contribution >= 0.6 is 0 Å². The number of rotatable bonds is 4. The molecule has 0 atom stereocenters. The van der Waals surface area contributed by atoms with Gasteiger partial charge in [0.25, 0.3) is 5.91 Å². The van der Waals surface area contributed by atoms with Gasteiger partial charge < -0.3 is 9.73 Å². The molecule has 0 unspecified atom stereocenters. The summed E-state index contributed by atoms with van der Waals surface area (Å²) in [6, 6.07) is 9.50. The van der Waals surface area contributed by atoms with Crippen molar-refractivity contribution in [2.24, 2.45) is 7.05 Å². The number of hydrogen-bond donors (Lipinski definition) is 1. The summed E-state index contributed by atoms with van der Waals surface area (Å²) in [5.74, 6) is -1.10. The summed E-state index contributed by atoms with van der Waals surface area (Å²) in [4.78, 5) is 24.6. The zero-order valence-corrected chi connectivity index (χ0v) is 16.7. The molecular formula is C21H16F3N5O3. The maximum absolute atomic E-state index is 13.1. The van der Waals surface area contributed by atoms with Gasteiger partial charge in [-0.3, -0.25) is 9.36 Å². The number of carbonyl (C=O) groups is 1. The lowest BCUT2D eigenvalue weighted by Crippen LogP contribution is -2.15. The molecule has 1 aliphatic carbocycles. The molecule has 0 aliphatic heterocycles. The zero-order chi connectivity index (χ0) is 22.6. The monoisotopic (exact) mass is 443 g/mol. The first-order valence-corrected chi connectivity index (χ1v) is 9.76. The van der Waals surface area contributed by atoms with E-state index < -0.39 is 23.4 Å².